The second-order valence-electron chi connectivity index (χ2n) is 4.58. The summed E-state index contributed by atoms with van der Waals surface area (Å²) in [4.78, 5) is 8.82. The Bertz CT molecular complexity index is 522. The van der Waals surface area contributed by atoms with Crippen molar-refractivity contribution in [2.24, 2.45) is 11.7 Å². The second kappa shape index (κ2) is 4.30. The van der Waals surface area contributed by atoms with Crippen LogP contribution in [0.5, 0.6) is 0 Å². The Labute approximate surface area is 100 Å². The molecule has 1 aliphatic rings. The van der Waals surface area contributed by atoms with Gasteiger partial charge in [-0.15, -0.1) is 0 Å². The summed E-state index contributed by atoms with van der Waals surface area (Å²) in [5, 5.41) is 4.40. The normalized spacial score (nSPS) is 17.0. The van der Waals surface area contributed by atoms with Gasteiger partial charge in [0.1, 0.15) is 0 Å². The number of anilines is 1. The number of hydrogen-bond acceptors (Lipinski definition) is 4. The van der Waals surface area contributed by atoms with Gasteiger partial charge in [-0.3, -0.25) is 0 Å². The molecule has 0 bridgehead atoms. The topological polar surface area (TPSA) is 63.8 Å². The molecule has 17 heavy (non-hydrogen) atoms. The van der Waals surface area contributed by atoms with Crippen LogP contribution in [0.3, 0.4) is 0 Å². The predicted octanol–water partition coefficient (Wildman–Crippen LogP) is 1.78. The Hall–Kier alpha value is -1.68. The molecule has 4 heteroatoms. The third-order valence-corrected chi connectivity index (χ3v) is 3.25. The molecule has 1 saturated carbocycles. The summed E-state index contributed by atoms with van der Waals surface area (Å²) < 4.78 is 0. The highest BCUT2D eigenvalue weighted by molar-refractivity contribution is 5.78. The summed E-state index contributed by atoms with van der Waals surface area (Å²) >= 11 is 0. The highest BCUT2D eigenvalue weighted by Crippen LogP contribution is 2.33. The van der Waals surface area contributed by atoms with Crippen molar-refractivity contribution in [3.8, 4) is 0 Å². The fourth-order valence-corrected chi connectivity index (χ4v) is 2.08. The predicted molar refractivity (Wildman–Crippen MR) is 68.7 cm³/mol. The molecule has 88 valence electrons. The van der Waals surface area contributed by atoms with E-state index in [4.69, 9.17) is 5.73 Å². The third kappa shape index (κ3) is 2.22. The van der Waals surface area contributed by atoms with Crippen molar-refractivity contribution in [2.75, 3.05) is 11.9 Å². The number of rotatable bonds is 4. The van der Waals surface area contributed by atoms with E-state index >= 15 is 0 Å². The smallest absolute Gasteiger partial charge is 0.223 e. The van der Waals surface area contributed by atoms with Crippen LogP contribution in [0.15, 0.2) is 30.5 Å². The minimum Gasteiger partial charge on any atom is -0.350 e. The Morgan fingerprint density at radius 1 is 1.35 bits per heavy atom. The zero-order chi connectivity index (χ0) is 11.7. The Balaban J connectivity index is 1.84. The quantitative estimate of drug-likeness (QED) is 0.837. The van der Waals surface area contributed by atoms with Crippen LogP contribution >= 0.6 is 0 Å². The molecule has 1 unspecified atom stereocenters. The molecule has 1 aromatic heterocycles. The van der Waals surface area contributed by atoms with E-state index in [1.807, 2.05) is 30.5 Å². The van der Waals surface area contributed by atoms with E-state index in [0.717, 1.165) is 10.9 Å². The van der Waals surface area contributed by atoms with Gasteiger partial charge in [-0.1, -0.05) is 18.2 Å². The summed E-state index contributed by atoms with van der Waals surface area (Å²) in [7, 11) is 0. The molecule has 0 spiro atoms. The average molecular weight is 228 g/mol. The molecule has 1 atom stereocenters. The van der Waals surface area contributed by atoms with Crippen LogP contribution in [0.25, 0.3) is 10.9 Å². The number of hydrogen-bond donors (Lipinski definition) is 2. The maximum Gasteiger partial charge on any atom is 0.223 e. The van der Waals surface area contributed by atoms with E-state index in [2.05, 4.69) is 15.3 Å². The van der Waals surface area contributed by atoms with Crippen LogP contribution in [0.4, 0.5) is 5.95 Å². The molecular formula is C13H16N4. The van der Waals surface area contributed by atoms with Gasteiger partial charge in [-0.25, -0.2) is 9.97 Å². The third-order valence-electron chi connectivity index (χ3n) is 3.25. The van der Waals surface area contributed by atoms with Gasteiger partial charge in [0.05, 0.1) is 5.52 Å². The maximum absolute atomic E-state index is 5.76. The van der Waals surface area contributed by atoms with E-state index < -0.39 is 0 Å². The van der Waals surface area contributed by atoms with Crippen LogP contribution in [0.2, 0.25) is 0 Å². The van der Waals surface area contributed by atoms with Crippen molar-refractivity contribution >= 4 is 16.9 Å². The van der Waals surface area contributed by atoms with Crippen molar-refractivity contribution in [1.29, 1.82) is 0 Å². The fraction of sp³-hybridized carbons (Fsp3) is 0.385. The molecule has 1 aromatic carbocycles. The number of nitrogens with zero attached hydrogens (tertiary/aromatic N) is 2. The number of fused-ring (bicyclic) bond motifs is 1. The largest absolute Gasteiger partial charge is 0.350 e. The van der Waals surface area contributed by atoms with Crippen LogP contribution in [-0.2, 0) is 0 Å². The SMILES string of the molecule is NCC(Nc1ncc2ccccc2n1)C1CC1. The molecule has 1 heterocycles. The molecule has 1 aliphatic carbocycles. The molecule has 0 aliphatic heterocycles. The lowest BCUT2D eigenvalue weighted by atomic mass is 10.2. The standard InChI is InChI=1S/C13H16N4/c14-7-12(9-5-6-9)17-13-15-8-10-3-1-2-4-11(10)16-13/h1-4,8-9,12H,5-7,14H2,(H,15,16,17). The van der Waals surface area contributed by atoms with Gasteiger partial charge in [-0.2, -0.15) is 0 Å². The zero-order valence-electron chi connectivity index (χ0n) is 9.63. The van der Waals surface area contributed by atoms with Gasteiger partial charge in [0.2, 0.25) is 5.95 Å². The van der Waals surface area contributed by atoms with Gasteiger partial charge in [0.25, 0.3) is 0 Å². The molecule has 1 fully saturated rings. The summed E-state index contributed by atoms with van der Waals surface area (Å²) in [5.74, 6) is 1.39. The zero-order valence-corrected chi connectivity index (χ0v) is 9.63. The van der Waals surface area contributed by atoms with E-state index in [-0.39, 0.29) is 0 Å². The summed E-state index contributed by atoms with van der Waals surface area (Å²) in [6.45, 7) is 0.640. The van der Waals surface area contributed by atoms with E-state index in [0.29, 0.717) is 24.5 Å². The molecule has 0 saturated heterocycles. The van der Waals surface area contributed by atoms with Crippen molar-refractivity contribution in [3.63, 3.8) is 0 Å². The Kier molecular flexibility index (Phi) is 2.65. The Morgan fingerprint density at radius 2 is 2.18 bits per heavy atom. The molecule has 2 aromatic rings. The second-order valence-corrected chi connectivity index (χ2v) is 4.58. The number of nitrogens with two attached hydrogens (primary N) is 1. The molecule has 3 N–H and O–H groups in total. The summed E-state index contributed by atoms with van der Waals surface area (Å²) in [5.41, 5.74) is 6.73. The van der Waals surface area contributed by atoms with Crippen molar-refractivity contribution < 1.29 is 0 Å². The van der Waals surface area contributed by atoms with Crippen LogP contribution in [-0.4, -0.2) is 22.6 Å². The number of nitrogens with one attached hydrogen (secondary N) is 1. The van der Waals surface area contributed by atoms with Gasteiger partial charge in [0.15, 0.2) is 0 Å². The Morgan fingerprint density at radius 3 is 2.94 bits per heavy atom. The van der Waals surface area contributed by atoms with Crippen molar-refractivity contribution in [1.82, 2.24) is 9.97 Å². The number of para-hydroxylation sites is 1. The van der Waals surface area contributed by atoms with Gasteiger partial charge in [-0.05, 0) is 24.8 Å². The lowest BCUT2D eigenvalue weighted by molar-refractivity contribution is 0.639. The molecule has 3 rings (SSSR count). The lowest BCUT2D eigenvalue weighted by Gasteiger charge is -2.15. The highest BCUT2D eigenvalue weighted by atomic mass is 15.1. The van der Waals surface area contributed by atoms with Crippen LogP contribution < -0.4 is 11.1 Å². The first kappa shape index (κ1) is 10.5. The summed E-state index contributed by atoms with van der Waals surface area (Å²) in [6, 6.07) is 8.31. The molecule has 0 radical (unpaired) electrons. The first-order chi connectivity index (χ1) is 8.36. The molecule has 4 nitrogen and oxygen atoms in total. The lowest BCUT2D eigenvalue weighted by Crippen LogP contribution is -2.31. The van der Waals surface area contributed by atoms with Crippen molar-refractivity contribution in [3.05, 3.63) is 30.5 Å². The van der Waals surface area contributed by atoms with E-state index in [9.17, 15) is 0 Å². The first-order valence-corrected chi connectivity index (χ1v) is 6.05. The van der Waals surface area contributed by atoms with E-state index in [1.54, 1.807) is 0 Å². The van der Waals surface area contributed by atoms with Crippen molar-refractivity contribution in [2.45, 2.75) is 18.9 Å². The highest BCUT2D eigenvalue weighted by Gasteiger charge is 2.30. The monoisotopic (exact) mass is 228 g/mol. The first-order valence-electron chi connectivity index (χ1n) is 6.05. The van der Waals surface area contributed by atoms with Gasteiger partial charge in [0, 0.05) is 24.2 Å². The van der Waals surface area contributed by atoms with Gasteiger partial charge < -0.3 is 11.1 Å². The number of aromatic nitrogens is 2. The fourth-order valence-electron chi connectivity index (χ4n) is 2.08. The number of benzene rings is 1. The molecule has 0 amide bonds. The minimum absolute atomic E-state index is 0.316. The van der Waals surface area contributed by atoms with Gasteiger partial charge >= 0.3 is 0 Å². The van der Waals surface area contributed by atoms with Crippen LogP contribution in [0, 0.1) is 5.92 Å². The van der Waals surface area contributed by atoms with E-state index in [1.165, 1.54) is 12.8 Å². The van der Waals surface area contributed by atoms with Crippen LogP contribution in [0.1, 0.15) is 12.8 Å². The minimum atomic E-state index is 0.316. The summed E-state index contributed by atoms with van der Waals surface area (Å²) in [6.07, 6.45) is 4.38. The average Bonchev–Trinajstić information content (AvgIpc) is 3.20. The maximum atomic E-state index is 5.76. The molecular weight excluding hydrogens is 212 g/mol.